The van der Waals surface area contributed by atoms with Gasteiger partial charge in [-0.2, -0.15) is 0 Å². The van der Waals surface area contributed by atoms with Crippen LogP contribution in [-0.4, -0.2) is 4.98 Å². The van der Waals surface area contributed by atoms with E-state index >= 15 is 0 Å². The van der Waals surface area contributed by atoms with Crippen molar-refractivity contribution in [1.82, 2.24) is 4.98 Å². The zero-order valence-electron chi connectivity index (χ0n) is 5.49. The molecule has 0 fully saturated rings. The number of nitrogen functional groups attached to an aromatic ring is 1. The lowest BCUT2D eigenvalue weighted by molar-refractivity contribution is 0.745. The van der Waals surface area contributed by atoms with Gasteiger partial charge in [0.2, 0.25) is 0 Å². The summed E-state index contributed by atoms with van der Waals surface area (Å²) in [4.78, 5) is 3.90. The van der Waals surface area contributed by atoms with Crippen molar-refractivity contribution in [3.05, 3.63) is 24.0 Å². The Morgan fingerprint density at radius 2 is 2.10 bits per heavy atom. The zero-order chi connectivity index (χ0) is 7.56. The third kappa shape index (κ3) is 1.23. The Morgan fingerprint density at radius 1 is 1.40 bits per heavy atom. The molecule has 54 valence electrons. The molecule has 4 nitrogen and oxygen atoms in total. The zero-order valence-corrected chi connectivity index (χ0v) is 5.49. The molecule has 1 aromatic rings. The van der Waals surface area contributed by atoms with Crippen LogP contribution in [0.1, 0.15) is 11.9 Å². The average Bonchev–Trinajstić information content (AvgIpc) is 1.88. The summed E-state index contributed by atoms with van der Waals surface area (Å²) >= 11 is 0. The molecule has 0 bridgehead atoms. The number of nitrogens with zero attached hydrogens (tertiary/aromatic N) is 1. The number of aromatic nitrogens is 1. The molecule has 0 saturated heterocycles. The predicted octanol–water partition coefficient (Wildman–Crippen LogP) is -0.420. The van der Waals surface area contributed by atoms with Crippen LogP contribution >= 0.6 is 0 Å². The number of nitrogens with two attached hydrogens (primary N) is 3. The third-order valence-electron chi connectivity index (χ3n) is 1.19. The highest BCUT2D eigenvalue weighted by molar-refractivity contribution is 5.43. The van der Waals surface area contributed by atoms with Crippen LogP contribution in [0.4, 0.5) is 5.69 Å². The summed E-state index contributed by atoms with van der Waals surface area (Å²) in [6, 6.07) is 3.45. The van der Waals surface area contributed by atoms with Crippen molar-refractivity contribution in [3.8, 4) is 0 Å². The molecular formula is C6H10N4. The van der Waals surface area contributed by atoms with E-state index in [1.165, 1.54) is 0 Å². The molecule has 0 aliphatic rings. The lowest BCUT2D eigenvalue weighted by Crippen LogP contribution is -2.22. The first-order chi connectivity index (χ1) is 4.72. The highest BCUT2D eigenvalue weighted by atomic mass is 14.9. The molecule has 1 aromatic heterocycles. The summed E-state index contributed by atoms with van der Waals surface area (Å²) in [5.74, 6) is 0. The van der Waals surface area contributed by atoms with Gasteiger partial charge in [0.25, 0.3) is 0 Å². The number of anilines is 1. The Hall–Kier alpha value is -1.13. The van der Waals surface area contributed by atoms with Crippen LogP contribution in [0.5, 0.6) is 0 Å². The number of hydrogen-bond acceptors (Lipinski definition) is 4. The first-order valence-corrected chi connectivity index (χ1v) is 2.93. The number of hydrogen-bond donors (Lipinski definition) is 3. The lowest BCUT2D eigenvalue weighted by atomic mass is 10.2. The quantitative estimate of drug-likeness (QED) is 0.459. The van der Waals surface area contributed by atoms with E-state index < -0.39 is 6.17 Å². The van der Waals surface area contributed by atoms with Crippen LogP contribution in [0.25, 0.3) is 0 Å². The topological polar surface area (TPSA) is 90.9 Å². The van der Waals surface area contributed by atoms with Crippen molar-refractivity contribution in [1.29, 1.82) is 0 Å². The highest BCUT2D eigenvalue weighted by Crippen LogP contribution is 2.09. The minimum absolute atomic E-state index is 0.539. The molecule has 0 aliphatic carbocycles. The molecule has 0 amide bonds. The second-order valence-corrected chi connectivity index (χ2v) is 2.00. The minimum atomic E-state index is -0.582. The maximum atomic E-state index is 5.50. The van der Waals surface area contributed by atoms with E-state index in [-0.39, 0.29) is 0 Å². The maximum Gasteiger partial charge on any atom is 0.0981 e. The Kier molecular flexibility index (Phi) is 1.84. The molecule has 1 rings (SSSR count). The van der Waals surface area contributed by atoms with Gasteiger partial charge in [-0.05, 0) is 12.1 Å². The van der Waals surface area contributed by atoms with Gasteiger partial charge in [-0.25, -0.2) is 0 Å². The molecule has 0 radical (unpaired) electrons. The van der Waals surface area contributed by atoms with Gasteiger partial charge in [-0.3, -0.25) is 4.98 Å². The molecule has 0 spiro atoms. The van der Waals surface area contributed by atoms with E-state index in [2.05, 4.69) is 4.98 Å². The summed E-state index contributed by atoms with van der Waals surface area (Å²) in [5.41, 5.74) is 17.3. The van der Waals surface area contributed by atoms with Gasteiger partial charge in [-0.1, -0.05) is 0 Å². The average molecular weight is 138 g/mol. The van der Waals surface area contributed by atoms with Crippen LogP contribution in [0.15, 0.2) is 18.3 Å². The van der Waals surface area contributed by atoms with Gasteiger partial charge in [0.1, 0.15) is 0 Å². The van der Waals surface area contributed by atoms with Crippen LogP contribution in [0.2, 0.25) is 0 Å². The standard InChI is InChI=1S/C6H10N4/c7-4-2-1-3-10-5(4)6(8)9/h1-3,6H,7-9H2. The second-order valence-electron chi connectivity index (χ2n) is 2.00. The fourth-order valence-corrected chi connectivity index (χ4v) is 0.708. The molecule has 0 saturated carbocycles. The van der Waals surface area contributed by atoms with Crippen LogP contribution in [-0.2, 0) is 0 Å². The Morgan fingerprint density at radius 3 is 2.50 bits per heavy atom. The molecule has 0 aliphatic heterocycles. The van der Waals surface area contributed by atoms with Crippen molar-refractivity contribution in [2.45, 2.75) is 6.17 Å². The maximum absolute atomic E-state index is 5.50. The first kappa shape index (κ1) is 6.98. The summed E-state index contributed by atoms with van der Waals surface area (Å²) in [6.07, 6.45) is 1.03. The minimum Gasteiger partial charge on any atom is -0.397 e. The lowest BCUT2D eigenvalue weighted by Gasteiger charge is -2.05. The van der Waals surface area contributed by atoms with E-state index in [1.54, 1.807) is 18.3 Å². The van der Waals surface area contributed by atoms with Gasteiger partial charge >= 0.3 is 0 Å². The largest absolute Gasteiger partial charge is 0.397 e. The van der Waals surface area contributed by atoms with Crippen molar-refractivity contribution in [3.63, 3.8) is 0 Å². The fraction of sp³-hybridized carbons (Fsp3) is 0.167. The number of rotatable bonds is 1. The smallest absolute Gasteiger partial charge is 0.0981 e. The monoisotopic (exact) mass is 138 g/mol. The molecule has 6 N–H and O–H groups in total. The summed E-state index contributed by atoms with van der Waals surface area (Å²) in [7, 11) is 0. The summed E-state index contributed by atoms with van der Waals surface area (Å²) < 4.78 is 0. The Labute approximate surface area is 59.0 Å². The SMILES string of the molecule is Nc1cccnc1C(N)N. The van der Waals surface area contributed by atoms with Crippen molar-refractivity contribution >= 4 is 5.69 Å². The fourth-order valence-electron chi connectivity index (χ4n) is 0.708. The molecule has 1 heterocycles. The predicted molar refractivity (Wildman–Crippen MR) is 39.8 cm³/mol. The van der Waals surface area contributed by atoms with E-state index in [0.717, 1.165) is 0 Å². The van der Waals surface area contributed by atoms with E-state index in [4.69, 9.17) is 17.2 Å². The van der Waals surface area contributed by atoms with Gasteiger partial charge in [0, 0.05) is 6.20 Å². The number of pyridine rings is 1. The third-order valence-corrected chi connectivity index (χ3v) is 1.19. The van der Waals surface area contributed by atoms with Gasteiger partial charge < -0.3 is 17.2 Å². The van der Waals surface area contributed by atoms with Gasteiger partial charge in [0.05, 0.1) is 17.5 Å². The van der Waals surface area contributed by atoms with Crippen LogP contribution in [0.3, 0.4) is 0 Å². The van der Waals surface area contributed by atoms with Gasteiger partial charge in [-0.15, -0.1) is 0 Å². The Balaban J connectivity index is 3.03. The van der Waals surface area contributed by atoms with Crippen LogP contribution in [0, 0.1) is 0 Å². The van der Waals surface area contributed by atoms with Crippen LogP contribution < -0.4 is 17.2 Å². The molecular weight excluding hydrogens is 128 g/mol. The Bertz CT molecular complexity index is 221. The van der Waals surface area contributed by atoms with E-state index in [1.807, 2.05) is 0 Å². The van der Waals surface area contributed by atoms with Crippen molar-refractivity contribution in [2.24, 2.45) is 11.5 Å². The summed E-state index contributed by atoms with van der Waals surface area (Å²) in [6.45, 7) is 0. The summed E-state index contributed by atoms with van der Waals surface area (Å²) in [5, 5.41) is 0. The van der Waals surface area contributed by atoms with Gasteiger partial charge in [0.15, 0.2) is 0 Å². The molecule has 4 heteroatoms. The second kappa shape index (κ2) is 2.64. The van der Waals surface area contributed by atoms with E-state index in [0.29, 0.717) is 11.4 Å². The van der Waals surface area contributed by atoms with Crippen molar-refractivity contribution < 1.29 is 0 Å². The molecule has 10 heavy (non-hydrogen) atoms. The first-order valence-electron chi connectivity index (χ1n) is 2.93. The van der Waals surface area contributed by atoms with Crippen molar-refractivity contribution in [2.75, 3.05) is 5.73 Å². The highest BCUT2D eigenvalue weighted by Gasteiger charge is 2.03. The normalized spacial score (nSPS) is 10.3. The molecule has 0 unspecified atom stereocenters. The van der Waals surface area contributed by atoms with E-state index in [9.17, 15) is 0 Å². The molecule has 0 atom stereocenters. The molecule has 0 aromatic carbocycles.